The fourth-order valence-corrected chi connectivity index (χ4v) is 4.31. The van der Waals surface area contributed by atoms with Gasteiger partial charge in [-0.05, 0) is 38.2 Å². The van der Waals surface area contributed by atoms with E-state index < -0.39 is 52.6 Å². The fraction of sp³-hybridized carbons (Fsp3) is 0.478. The lowest BCUT2D eigenvalue weighted by molar-refractivity contribution is -0.384. The molecule has 0 spiro atoms. The molecule has 1 heterocycles. The first-order valence-electron chi connectivity index (χ1n) is 11.0. The lowest BCUT2D eigenvalue weighted by Crippen LogP contribution is -2.48. The second-order valence-electron chi connectivity index (χ2n) is 8.84. The van der Waals surface area contributed by atoms with Gasteiger partial charge >= 0.3 is 5.97 Å². The van der Waals surface area contributed by atoms with Crippen molar-refractivity contribution in [1.82, 2.24) is 4.90 Å². The maximum atomic E-state index is 13.1. The van der Waals surface area contributed by atoms with Gasteiger partial charge in [-0.1, -0.05) is 37.6 Å². The molecule has 1 aliphatic heterocycles. The minimum atomic E-state index is -1.31. The minimum absolute atomic E-state index is 0.0102. The summed E-state index contributed by atoms with van der Waals surface area (Å²) in [6.45, 7) is 5.02. The number of fused-ring (bicyclic) bond motifs is 1. The molecule has 1 aliphatic carbocycles. The SMILES string of the molecule is CC(C)CC(C(=O)OC(C)C(=O)Nc1cc([N+](=O)[O-])ccc1Cl)N1C(=O)C2CC=CCC2C1=O. The van der Waals surface area contributed by atoms with Gasteiger partial charge in [0, 0.05) is 12.1 Å². The van der Waals surface area contributed by atoms with Crippen LogP contribution < -0.4 is 5.32 Å². The topological polar surface area (TPSA) is 136 Å². The van der Waals surface area contributed by atoms with Gasteiger partial charge in [-0.3, -0.25) is 29.4 Å². The van der Waals surface area contributed by atoms with Crippen molar-refractivity contribution < 1.29 is 28.8 Å². The Labute approximate surface area is 201 Å². The minimum Gasteiger partial charge on any atom is -0.451 e. The van der Waals surface area contributed by atoms with Crippen LogP contribution in [0.1, 0.15) is 40.0 Å². The lowest BCUT2D eigenvalue weighted by Gasteiger charge is -2.27. The summed E-state index contributed by atoms with van der Waals surface area (Å²) in [6.07, 6.45) is 3.48. The van der Waals surface area contributed by atoms with Crippen LogP contribution in [0.15, 0.2) is 30.4 Å². The molecule has 11 heteroatoms. The van der Waals surface area contributed by atoms with Crippen molar-refractivity contribution >= 4 is 46.7 Å². The maximum Gasteiger partial charge on any atom is 0.330 e. The van der Waals surface area contributed by atoms with E-state index in [1.165, 1.54) is 19.1 Å². The van der Waals surface area contributed by atoms with Crippen molar-refractivity contribution in [2.24, 2.45) is 17.8 Å². The number of nitrogens with one attached hydrogen (secondary N) is 1. The van der Waals surface area contributed by atoms with E-state index in [9.17, 15) is 29.3 Å². The van der Waals surface area contributed by atoms with Gasteiger partial charge in [-0.25, -0.2) is 4.79 Å². The van der Waals surface area contributed by atoms with Crippen LogP contribution in [0.25, 0.3) is 0 Å². The number of ether oxygens (including phenoxy) is 1. The molecular weight excluding hydrogens is 466 g/mol. The van der Waals surface area contributed by atoms with Gasteiger partial charge in [0.2, 0.25) is 11.8 Å². The molecule has 1 fully saturated rings. The van der Waals surface area contributed by atoms with Crippen molar-refractivity contribution in [1.29, 1.82) is 0 Å². The summed E-state index contributed by atoms with van der Waals surface area (Å²) in [5.74, 6) is -3.45. The molecule has 3 amide bonds. The zero-order valence-corrected chi connectivity index (χ0v) is 19.8. The summed E-state index contributed by atoms with van der Waals surface area (Å²) in [4.78, 5) is 63.0. The largest absolute Gasteiger partial charge is 0.451 e. The molecule has 0 aromatic heterocycles. The number of nitro groups is 1. The number of hydrogen-bond donors (Lipinski definition) is 1. The van der Waals surface area contributed by atoms with Gasteiger partial charge in [0.15, 0.2) is 6.10 Å². The Kier molecular flexibility index (Phi) is 7.71. The van der Waals surface area contributed by atoms with Gasteiger partial charge < -0.3 is 10.1 Å². The van der Waals surface area contributed by atoms with E-state index in [-0.39, 0.29) is 28.7 Å². The molecule has 10 nitrogen and oxygen atoms in total. The molecule has 4 unspecified atom stereocenters. The third-order valence-electron chi connectivity index (χ3n) is 5.90. The number of non-ortho nitro benzene ring substituents is 1. The first-order chi connectivity index (χ1) is 16.0. The Bertz CT molecular complexity index is 1030. The number of rotatable bonds is 8. The summed E-state index contributed by atoms with van der Waals surface area (Å²) in [7, 11) is 0. The standard InChI is InChI=1S/C23H26ClN3O7/c1-12(2)10-19(26-21(29)15-6-4-5-7-16(15)22(26)30)23(31)34-13(3)20(28)25-18-11-14(27(32)33)8-9-17(18)24/h4-5,8-9,11-13,15-16,19H,6-7,10H2,1-3H3,(H,25,28). The quantitative estimate of drug-likeness (QED) is 0.193. The number of nitro benzene ring substituents is 1. The number of amides is 3. The smallest absolute Gasteiger partial charge is 0.330 e. The number of carbonyl (C=O) groups is 4. The second-order valence-corrected chi connectivity index (χ2v) is 9.24. The molecule has 1 saturated heterocycles. The van der Waals surface area contributed by atoms with E-state index in [4.69, 9.17) is 16.3 Å². The predicted molar refractivity (Wildman–Crippen MR) is 123 cm³/mol. The first-order valence-corrected chi connectivity index (χ1v) is 11.4. The van der Waals surface area contributed by atoms with Crippen molar-refractivity contribution in [3.05, 3.63) is 45.5 Å². The van der Waals surface area contributed by atoms with Crippen LogP contribution in [0.4, 0.5) is 11.4 Å². The van der Waals surface area contributed by atoms with Crippen molar-refractivity contribution in [3.63, 3.8) is 0 Å². The molecular formula is C23H26ClN3O7. The van der Waals surface area contributed by atoms with Crippen LogP contribution in [0.3, 0.4) is 0 Å². The molecule has 182 valence electrons. The van der Waals surface area contributed by atoms with Crippen LogP contribution in [0.2, 0.25) is 5.02 Å². The van der Waals surface area contributed by atoms with Gasteiger partial charge in [0.05, 0.1) is 27.5 Å². The zero-order valence-electron chi connectivity index (χ0n) is 19.0. The van der Waals surface area contributed by atoms with Crippen LogP contribution in [-0.2, 0) is 23.9 Å². The molecule has 3 rings (SSSR count). The third-order valence-corrected chi connectivity index (χ3v) is 6.23. The van der Waals surface area contributed by atoms with E-state index in [2.05, 4.69) is 5.32 Å². The average Bonchev–Trinajstić information content (AvgIpc) is 3.03. The van der Waals surface area contributed by atoms with Crippen molar-refractivity contribution in [3.8, 4) is 0 Å². The fourth-order valence-electron chi connectivity index (χ4n) is 4.15. The molecule has 34 heavy (non-hydrogen) atoms. The number of hydrogen-bond acceptors (Lipinski definition) is 7. The summed E-state index contributed by atoms with van der Waals surface area (Å²) in [6, 6.07) is 2.40. The van der Waals surface area contributed by atoms with Crippen LogP contribution in [0, 0.1) is 27.9 Å². The number of esters is 1. The molecule has 1 aromatic rings. The molecule has 1 aromatic carbocycles. The van der Waals surface area contributed by atoms with Crippen LogP contribution in [-0.4, -0.2) is 45.7 Å². The summed E-state index contributed by atoms with van der Waals surface area (Å²) < 4.78 is 5.34. The Morgan fingerprint density at radius 3 is 2.29 bits per heavy atom. The Morgan fingerprint density at radius 2 is 1.76 bits per heavy atom. The van der Waals surface area contributed by atoms with E-state index in [1.807, 2.05) is 26.0 Å². The monoisotopic (exact) mass is 491 g/mol. The molecule has 0 radical (unpaired) electrons. The lowest BCUT2D eigenvalue weighted by atomic mass is 9.85. The van der Waals surface area contributed by atoms with E-state index in [0.717, 1.165) is 11.0 Å². The van der Waals surface area contributed by atoms with E-state index in [1.54, 1.807) is 0 Å². The Morgan fingerprint density at radius 1 is 1.18 bits per heavy atom. The van der Waals surface area contributed by atoms with Gasteiger partial charge in [0.1, 0.15) is 6.04 Å². The number of likely N-dealkylation sites (tertiary alicyclic amines) is 1. The van der Waals surface area contributed by atoms with E-state index in [0.29, 0.717) is 12.8 Å². The van der Waals surface area contributed by atoms with E-state index >= 15 is 0 Å². The van der Waals surface area contributed by atoms with Gasteiger partial charge in [-0.15, -0.1) is 0 Å². The number of benzene rings is 1. The number of carbonyl (C=O) groups excluding carboxylic acids is 4. The highest BCUT2D eigenvalue weighted by Crippen LogP contribution is 2.37. The Hall–Kier alpha value is -3.27. The van der Waals surface area contributed by atoms with Gasteiger partial charge in [-0.2, -0.15) is 0 Å². The first kappa shape index (κ1) is 25.4. The molecule has 1 N–H and O–H groups in total. The second kappa shape index (κ2) is 10.3. The molecule has 0 saturated carbocycles. The predicted octanol–water partition coefficient (Wildman–Crippen LogP) is 3.48. The zero-order chi connectivity index (χ0) is 25.2. The maximum absolute atomic E-state index is 13.1. The van der Waals surface area contributed by atoms with Crippen molar-refractivity contribution in [2.75, 3.05) is 5.32 Å². The summed E-state index contributed by atoms with van der Waals surface area (Å²) in [5.41, 5.74) is -0.285. The highest BCUT2D eigenvalue weighted by Gasteiger charge is 2.51. The number of imide groups is 1. The molecule has 2 aliphatic rings. The summed E-state index contributed by atoms with van der Waals surface area (Å²) >= 11 is 6.01. The number of allylic oxidation sites excluding steroid dienone is 2. The van der Waals surface area contributed by atoms with Crippen LogP contribution in [0.5, 0.6) is 0 Å². The van der Waals surface area contributed by atoms with Gasteiger partial charge in [0.25, 0.3) is 11.6 Å². The van der Waals surface area contributed by atoms with Crippen molar-refractivity contribution in [2.45, 2.75) is 52.2 Å². The number of anilines is 1. The van der Waals surface area contributed by atoms with Crippen LogP contribution >= 0.6 is 11.6 Å². The molecule has 0 bridgehead atoms. The normalized spacial score (nSPS) is 21.3. The average molecular weight is 492 g/mol. The highest BCUT2D eigenvalue weighted by atomic mass is 35.5. The third kappa shape index (κ3) is 5.27. The molecule has 4 atom stereocenters. The number of halogens is 1. The number of nitrogens with zero attached hydrogens (tertiary/aromatic N) is 2. The highest BCUT2D eigenvalue weighted by molar-refractivity contribution is 6.33. The summed E-state index contributed by atoms with van der Waals surface area (Å²) in [5, 5.41) is 13.5. The Balaban J connectivity index is 1.74.